The Morgan fingerprint density at radius 3 is 2.24 bits per heavy atom. The monoisotopic (exact) mass is 484 g/mol. The molecule has 0 bridgehead atoms. The highest BCUT2D eigenvalue weighted by Crippen LogP contribution is 2.53. The van der Waals surface area contributed by atoms with Gasteiger partial charge in [0.1, 0.15) is 22.5 Å². The summed E-state index contributed by atoms with van der Waals surface area (Å²) >= 11 is 41.6. The molecule has 0 aliphatic carbocycles. The van der Waals surface area contributed by atoms with E-state index in [1.807, 2.05) is 0 Å². The van der Waals surface area contributed by atoms with E-state index in [1.54, 1.807) is 19.1 Å². The zero-order valence-electron chi connectivity index (χ0n) is 12.1. The van der Waals surface area contributed by atoms with Gasteiger partial charge in [-0.3, -0.25) is 0 Å². The van der Waals surface area contributed by atoms with E-state index < -0.39 is 25.6 Å². The Morgan fingerprint density at radius 1 is 1.04 bits per heavy atom. The number of aryl methyl sites for hydroxylation is 1. The molecule has 2 aromatic rings. The summed E-state index contributed by atoms with van der Waals surface area (Å²) in [5.74, 6) is 0.191. The number of ether oxygens (including phenoxy) is 2. The van der Waals surface area contributed by atoms with E-state index >= 15 is 0 Å². The van der Waals surface area contributed by atoms with Crippen LogP contribution in [-0.2, 0) is 4.74 Å². The second kappa shape index (κ2) is 6.68. The maximum Gasteiger partial charge on any atom is 0.355 e. The van der Waals surface area contributed by atoms with Crippen LogP contribution >= 0.6 is 81.2 Å². The molecule has 0 spiro atoms. The number of halogens is 7. The average molecular weight is 487 g/mol. The molecular formula is C14H7Cl7O4. The standard InChI is InChI=1S/C14H7Cl7O4/c1-4-5-2-3-6-7(9(5)24-11(22)8(4)15)10(13(16,17)18)25-12(23-6)14(19,20)21/h2-3,10,12H,1H3. The molecule has 136 valence electrons. The lowest BCUT2D eigenvalue weighted by Crippen LogP contribution is -2.42. The number of alkyl halides is 6. The zero-order chi connectivity index (χ0) is 18.7. The third kappa shape index (κ3) is 3.65. The van der Waals surface area contributed by atoms with Crippen LogP contribution in [0.2, 0.25) is 5.02 Å². The van der Waals surface area contributed by atoms with Gasteiger partial charge in [0.15, 0.2) is 0 Å². The number of benzene rings is 1. The summed E-state index contributed by atoms with van der Waals surface area (Å²) in [7, 11) is 0. The Balaban J connectivity index is 2.33. The van der Waals surface area contributed by atoms with Gasteiger partial charge in [0, 0.05) is 5.39 Å². The van der Waals surface area contributed by atoms with Gasteiger partial charge in [0.25, 0.3) is 3.79 Å². The molecule has 0 fully saturated rings. The third-order valence-electron chi connectivity index (χ3n) is 3.58. The van der Waals surface area contributed by atoms with Crippen LogP contribution in [0.1, 0.15) is 17.2 Å². The van der Waals surface area contributed by atoms with Gasteiger partial charge in [-0.25, -0.2) is 4.79 Å². The Hall–Kier alpha value is 0.220. The molecule has 4 nitrogen and oxygen atoms in total. The Kier molecular flexibility index (Phi) is 5.33. The molecule has 11 heteroatoms. The minimum Gasteiger partial charge on any atom is -0.460 e. The Bertz CT molecular complexity index is 897. The van der Waals surface area contributed by atoms with Crippen molar-refractivity contribution >= 4 is 92.2 Å². The molecule has 1 aromatic carbocycles. The van der Waals surface area contributed by atoms with Crippen LogP contribution in [0.25, 0.3) is 11.0 Å². The third-order valence-corrected chi connectivity index (χ3v) is 5.15. The first-order valence-corrected chi connectivity index (χ1v) is 9.27. The number of fused-ring (bicyclic) bond motifs is 3. The number of hydrogen-bond donors (Lipinski definition) is 0. The summed E-state index contributed by atoms with van der Waals surface area (Å²) in [6.07, 6.45) is -2.57. The topological polar surface area (TPSA) is 48.7 Å². The van der Waals surface area contributed by atoms with Crippen molar-refractivity contribution in [3.05, 3.63) is 38.7 Å². The van der Waals surface area contributed by atoms with Crippen LogP contribution in [0, 0.1) is 6.92 Å². The molecule has 1 aromatic heterocycles. The summed E-state index contributed by atoms with van der Waals surface area (Å²) < 4.78 is 12.5. The van der Waals surface area contributed by atoms with Crippen molar-refractivity contribution < 1.29 is 13.9 Å². The smallest absolute Gasteiger partial charge is 0.355 e. The van der Waals surface area contributed by atoms with E-state index in [2.05, 4.69) is 0 Å². The van der Waals surface area contributed by atoms with Crippen LogP contribution in [0.5, 0.6) is 5.75 Å². The summed E-state index contributed by atoms with van der Waals surface area (Å²) in [6.45, 7) is 1.66. The Morgan fingerprint density at radius 2 is 1.68 bits per heavy atom. The molecule has 2 unspecified atom stereocenters. The maximum atomic E-state index is 12.0. The summed E-state index contributed by atoms with van der Waals surface area (Å²) in [6, 6.07) is 3.20. The lowest BCUT2D eigenvalue weighted by atomic mass is 10.0. The largest absolute Gasteiger partial charge is 0.460 e. The fourth-order valence-corrected chi connectivity index (χ4v) is 3.38. The molecule has 3 rings (SSSR count). The number of hydrogen-bond acceptors (Lipinski definition) is 4. The molecule has 2 atom stereocenters. The van der Waals surface area contributed by atoms with Crippen molar-refractivity contribution in [1.29, 1.82) is 0 Å². The molecule has 25 heavy (non-hydrogen) atoms. The molecule has 1 aliphatic rings. The molecule has 0 saturated carbocycles. The zero-order valence-corrected chi connectivity index (χ0v) is 17.4. The van der Waals surface area contributed by atoms with Gasteiger partial charge in [-0.05, 0) is 24.6 Å². The molecular weight excluding hydrogens is 480 g/mol. The van der Waals surface area contributed by atoms with Crippen molar-refractivity contribution in [2.24, 2.45) is 0 Å². The van der Waals surface area contributed by atoms with E-state index in [4.69, 9.17) is 95.1 Å². The van der Waals surface area contributed by atoms with Crippen LogP contribution in [-0.4, -0.2) is 13.9 Å². The predicted molar refractivity (Wildman–Crippen MR) is 101 cm³/mol. The van der Waals surface area contributed by atoms with Gasteiger partial charge in [0.05, 0.1) is 5.56 Å². The van der Waals surface area contributed by atoms with Crippen molar-refractivity contribution in [3.8, 4) is 5.75 Å². The molecule has 0 saturated heterocycles. The predicted octanol–water partition coefficient (Wildman–Crippen LogP) is 6.27. The second-order valence-corrected chi connectivity index (χ2v) is 10.3. The van der Waals surface area contributed by atoms with E-state index in [-0.39, 0.29) is 21.9 Å². The first-order chi connectivity index (χ1) is 11.4. The van der Waals surface area contributed by atoms with Crippen molar-refractivity contribution in [3.63, 3.8) is 0 Å². The van der Waals surface area contributed by atoms with E-state index in [9.17, 15) is 4.79 Å². The summed E-state index contributed by atoms with van der Waals surface area (Å²) in [5, 5.41) is 0.483. The quantitative estimate of drug-likeness (QED) is 0.325. The second-order valence-electron chi connectivity index (χ2n) is 5.23. The van der Waals surface area contributed by atoms with E-state index in [0.29, 0.717) is 10.9 Å². The van der Waals surface area contributed by atoms with Gasteiger partial charge in [-0.1, -0.05) is 81.2 Å². The van der Waals surface area contributed by atoms with Gasteiger partial charge >= 0.3 is 5.63 Å². The molecule has 1 aliphatic heterocycles. The van der Waals surface area contributed by atoms with E-state index in [0.717, 1.165) is 0 Å². The van der Waals surface area contributed by atoms with Crippen LogP contribution in [0.15, 0.2) is 21.3 Å². The highest BCUT2D eigenvalue weighted by molar-refractivity contribution is 6.68. The fourth-order valence-electron chi connectivity index (χ4n) is 2.47. The molecule has 0 radical (unpaired) electrons. The molecule has 0 N–H and O–H groups in total. The molecule has 0 amide bonds. The van der Waals surface area contributed by atoms with Gasteiger partial charge in [-0.15, -0.1) is 0 Å². The van der Waals surface area contributed by atoms with Crippen molar-refractivity contribution in [1.82, 2.24) is 0 Å². The van der Waals surface area contributed by atoms with Gasteiger partial charge < -0.3 is 13.9 Å². The normalized spacial score (nSPS) is 21.1. The Labute approximate surface area is 176 Å². The van der Waals surface area contributed by atoms with Crippen molar-refractivity contribution in [2.75, 3.05) is 0 Å². The van der Waals surface area contributed by atoms with Crippen LogP contribution < -0.4 is 10.4 Å². The maximum absolute atomic E-state index is 12.0. The minimum absolute atomic E-state index is 0.0466. The summed E-state index contributed by atoms with van der Waals surface area (Å²) in [4.78, 5) is 12.0. The fraction of sp³-hybridized carbons (Fsp3) is 0.357. The lowest BCUT2D eigenvalue weighted by molar-refractivity contribution is -0.135. The van der Waals surface area contributed by atoms with Crippen LogP contribution in [0.4, 0.5) is 0 Å². The van der Waals surface area contributed by atoms with Crippen molar-refractivity contribution in [2.45, 2.75) is 26.9 Å². The highest BCUT2D eigenvalue weighted by atomic mass is 35.6. The minimum atomic E-state index is -1.97. The van der Waals surface area contributed by atoms with Crippen LogP contribution in [0.3, 0.4) is 0 Å². The average Bonchev–Trinajstić information content (AvgIpc) is 2.49. The SMILES string of the molecule is Cc1c(Cl)c(=O)oc2c3c(ccc12)OC(C(Cl)(Cl)Cl)OC3C(Cl)(Cl)Cl. The van der Waals surface area contributed by atoms with E-state index in [1.165, 1.54) is 0 Å². The first-order valence-electron chi connectivity index (χ1n) is 6.62. The first kappa shape index (κ1) is 20.0. The number of rotatable bonds is 0. The summed E-state index contributed by atoms with van der Waals surface area (Å²) in [5.41, 5.74) is 0.0808. The van der Waals surface area contributed by atoms with Gasteiger partial charge in [0.2, 0.25) is 10.1 Å². The highest BCUT2D eigenvalue weighted by Gasteiger charge is 2.49. The lowest BCUT2D eigenvalue weighted by Gasteiger charge is -2.38. The molecule has 2 heterocycles. The van der Waals surface area contributed by atoms with Gasteiger partial charge in [-0.2, -0.15) is 0 Å².